The van der Waals surface area contributed by atoms with E-state index in [1.807, 2.05) is 12.1 Å². The van der Waals surface area contributed by atoms with Gasteiger partial charge in [0.1, 0.15) is 0 Å². The summed E-state index contributed by atoms with van der Waals surface area (Å²) in [4.78, 5) is 11.3. The minimum Gasteiger partial charge on any atom is -0.466 e. The zero-order chi connectivity index (χ0) is 12.8. The van der Waals surface area contributed by atoms with Gasteiger partial charge >= 0.3 is 5.97 Å². The fourth-order valence-electron chi connectivity index (χ4n) is 1.65. The number of hydrogen-bond donors (Lipinski definition) is 1. The second-order valence-corrected chi connectivity index (χ2v) is 4.44. The number of carbonyl (C=O) groups excluding carboxylic acids is 1. The summed E-state index contributed by atoms with van der Waals surface area (Å²) in [5.74, 6) is 0.262. The number of ether oxygens (including phenoxy) is 1. The van der Waals surface area contributed by atoms with Crippen LogP contribution in [-0.4, -0.2) is 12.6 Å². The minimum absolute atomic E-state index is 0. The molecule has 0 aliphatic rings. The molecule has 1 aromatic rings. The van der Waals surface area contributed by atoms with Gasteiger partial charge in [-0.25, -0.2) is 0 Å². The summed E-state index contributed by atoms with van der Waals surface area (Å²) in [7, 11) is 0. The summed E-state index contributed by atoms with van der Waals surface area (Å²) in [6, 6.07) is 7.81. The average molecular weight is 272 g/mol. The maximum absolute atomic E-state index is 11.3. The van der Waals surface area contributed by atoms with E-state index in [-0.39, 0.29) is 30.8 Å². The first kappa shape index (κ1) is 16.9. The SMILES string of the molecule is CCOC(=O)CC(N)c1ccc(C(C)C)cc1.Cl. The van der Waals surface area contributed by atoms with Crippen molar-refractivity contribution in [3.8, 4) is 0 Å². The topological polar surface area (TPSA) is 52.3 Å². The van der Waals surface area contributed by atoms with Gasteiger partial charge in [0, 0.05) is 6.04 Å². The molecule has 1 aromatic carbocycles. The molecule has 0 spiro atoms. The summed E-state index contributed by atoms with van der Waals surface area (Å²) < 4.78 is 4.88. The van der Waals surface area contributed by atoms with Gasteiger partial charge in [-0.05, 0) is 24.0 Å². The molecular formula is C14H22ClNO2. The lowest BCUT2D eigenvalue weighted by molar-refractivity contribution is -0.143. The molecule has 0 amide bonds. The van der Waals surface area contributed by atoms with Crippen molar-refractivity contribution >= 4 is 18.4 Å². The zero-order valence-corrected chi connectivity index (χ0v) is 12.0. The molecule has 3 nitrogen and oxygen atoms in total. The summed E-state index contributed by atoms with van der Waals surface area (Å²) in [6.07, 6.45) is 0.231. The van der Waals surface area contributed by atoms with Gasteiger partial charge in [-0.1, -0.05) is 38.1 Å². The smallest absolute Gasteiger partial charge is 0.307 e. The van der Waals surface area contributed by atoms with Crippen LogP contribution < -0.4 is 5.73 Å². The fraction of sp³-hybridized carbons (Fsp3) is 0.500. The maximum Gasteiger partial charge on any atom is 0.307 e. The van der Waals surface area contributed by atoms with E-state index in [2.05, 4.69) is 26.0 Å². The number of nitrogens with two attached hydrogens (primary N) is 1. The zero-order valence-electron chi connectivity index (χ0n) is 11.2. The molecule has 0 saturated heterocycles. The second kappa shape index (κ2) is 8.11. The first-order chi connectivity index (χ1) is 8.04. The van der Waals surface area contributed by atoms with Crippen LogP contribution in [0.2, 0.25) is 0 Å². The number of hydrogen-bond acceptors (Lipinski definition) is 3. The summed E-state index contributed by atoms with van der Waals surface area (Å²) in [5, 5.41) is 0. The highest BCUT2D eigenvalue weighted by atomic mass is 35.5. The first-order valence-corrected chi connectivity index (χ1v) is 6.05. The fourth-order valence-corrected chi connectivity index (χ4v) is 1.65. The molecule has 0 radical (unpaired) electrons. The molecule has 4 heteroatoms. The van der Waals surface area contributed by atoms with Crippen molar-refractivity contribution in [2.24, 2.45) is 5.73 Å². The molecule has 0 fully saturated rings. The van der Waals surface area contributed by atoms with Crippen molar-refractivity contribution in [1.82, 2.24) is 0 Å². The number of halogens is 1. The Labute approximate surface area is 115 Å². The number of esters is 1. The molecule has 0 saturated carbocycles. The van der Waals surface area contributed by atoms with Crippen LogP contribution in [0, 0.1) is 0 Å². The third-order valence-corrected chi connectivity index (χ3v) is 2.72. The van der Waals surface area contributed by atoms with Crippen LogP contribution in [0.15, 0.2) is 24.3 Å². The van der Waals surface area contributed by atoms with Crippen LogP contribution in [0.4, 0.5) is 0 Å². The number of carbonyl (C=O) groups is 1. The van der Waals surface area contributed by atoms with Crippen LogP contribution in [-0.2, 0) is 9.53 Å². The van der Waals surface area contributed by atoms with E-state index in [9.17, 15) is 4.79 Å². The molecule has 0 aliphatic heterocycles. The third-order valence-electron chi connectivity index (χ3n) is 2.72. The van der Waals surface area contributed by atoms with Crippen LogP contribution in [0.5, 0.6) is 0 Å². The Morgan fingerprint density at radius 3 is 2.17 bits per heavy atom. The predicted molar refractivity (Wildman–Crippen MR) is 76.0 cm³/mol. The van der Waals surface area contributed by atoms with Gasteiger partial charge in [0.2, 0.25) is 0 Å². The lowest BCUT2D eigenvalue weighted by Gasteiger charge is -2.12. The number of rotatable bonds is 5. The third kappa shape index (κ3) is 5.07. The Morgan fingerprint density at radius 1 is 1.22 bits per heavy atom. The highest BCUT2D eigenvalue weighted by Crippen LogP contribution is 2.19. The molecular weight excluding hydrogens is 250 g/mol. The van der Waals surface area contributed by atoms with Crippen molar-refractivity contribution in [2.45, 2.75) is 39.2 Å². The Balaban J connectivity index is 0.00000289. The molecule has 0 bridgehead atoms. The van der Waals surface area contributed by atoms with E-state index in [0.29, 0.717) is 12.5 Å². The standard InChI is InChI=1S/C14H21NO2.ClH/c1-4-17-14(16)9-13(15)12-7-5-11(6-8-12)10(2)3;/h5-8,10,13H,4,9,15H2,1-3H3;1H. The van der Waals surface area contributed by atoms with E-state index < -0.39 is 0 Å². The van der Waals surface area contributed by atoms with E-state index in [4.69, 9.17) is 10.5 Å². The molecule has 18 heavy (non-hydrogen) atoms. The normalized spacial score (nSPS) is 11.8. The summed E-state index contributed by atoms with van der Waals surface area (Å²) >= 11 is 0. The molecule has 0 heterocycles. The van der Waals surface area contributed by atoms with Crippen LogP contribution in [0.25, 0.3) is 0 Å². The van der Waals surface area contributed by atoms with Crippen molar-refractivity contribution in [3.63, 3.8) is 0 Å². The van der Waals surface area contributed by atoms with Crippen LogP contribution >= 0.6 is 12.4 Å². The monoisotopic (exact) mass is 271 g/mol. The van der Waals surface area contributed by atoms with Crippen molar-refractivity contribution < 1.29 is 9.53 Å². The highest BCUT2D eigenvalue weighted by Gasteiger charge is 2.12. The van der Waals surface area contributed by atoms with Crippen molar-refractivity contribution in [1.29, 1.82) is 0 Å². The molecule has 102 valence electrons. The highest BCUT2D eigenvalue weighted by molar-refractivity contribution is 5.85. The number of benzene rings is 1. The molecule has 1 rings (SSSR count). The maximum atomic E-state index is 11.3. The van der Waals surface area contributed by atoms with Gasteiger partial charge in [-0.3, -0.25) is 4.79 Å². The Hall–Kier alpha value is -1.06. The largest absolute Gasteiger partial charge is 0.466 e. The van der Waals surface area contributed by atoms with E-state index in [1.54, 1.807) is 6.92 Å². The summed E-state index contributed by atoms with van der Waals surface area (Å²) in [5.41, 5.74) is 8.20. The molecule has 1 atom stereocenters. The average Bonchev–Trinajstić information content (AvgIpc) is 2.29. The van der Waals surface area contributed by atoms with E-state index in [1.165, 1.54) is 5.56 Å². The van der Waals surface area contributed by atoms with Gasteiger partial charge in [-0.2, -0.15) is 0 Å². The lowest BCUT2D eigenvalue weighted by atomic mass is 9.98. The van der Waals surface area contributed by atoms with Gasteiger partial charge < -0.3 is 10.5 Å². The minimum atomic E-state index is -0.282. The van der Waals surface area contributed by atoms with Gasteiger partial charge in [0.05, 0.1) is 13.0 Å². The summed E-state index contributed by atoms with van der Waals surface area (Å²) in [6.45, 7) is 6.49. The van der Waals surface area contributed by atoms with Crippen LogP contribution in [0.1, 0.15) is 50.3 Å². The Bertz CT molecular complexity index is 363. The Kier molecular flexibility index (Phi) is 7.64. The van der Waals surface area contributed by atoms with Gasteiger partial charge in [-0.15, -0.1) is 12.4 Å². The van der Waals surface area contributed by atoms with Crippen LogP contribution in [0.3, 0.4) is 0 Å². The quantitative estimate of drug-likeness (QED) is 0.837. The lowest BCUT2D eigenvalue weighted by Crippen LogP contribution is -2.17. The van der Waals surface area contributed by atoms with Crippen molar-refractivity contribution in [2.75, 3.05) is 6.61 Å². The second-order valence-electron chi connectivity index (χ2n) is 4.44. The van der Waals surface area contributed by atoms with E-state index in [0.717, 1.165) is 5.56 Å². The van der Waals surface area contributed by atoms with E-state index >= 15 is 0 Å². The van der Waals surface area contributed by atoms with Gasteiger partial charge in [0.15, 0.2) is 0 Å². The molecule has 0 aromatic heterocycles. The predicted octanol–water partition coefficient (Wildman–Crippen LogP) is 3.18. The molecule has 0 aliphatic carbocycles. The molecule has 2 N–H and O–H groups in total. The van der Waals surface area contributed by atoms with Gasteiger partial charge in [0.25, 0.3) is 0 Å². The Morgan fingerprint density at radius 2 is 1.72 bits per heavy atom. The molecule has 1 unspecified atom stereocenters. The first-order valence-electron chi connectivity index (χ1n) is 6.05. The van der Waals surface area contributed by atoms with Crippen molar-refractivity contribution in [3.05, 3.63) is 35.4 Å².